The predicted octanol–water partition coefficient (Wildman–Crippen LogP) is 2.41. The molecule has 1 aliphatic heterocycles. The maximum atomic E-state index is 12.5. The molecule has 1 atom stereocenters. The molecule has 0 radical (unpaired) electrons. The highest BCUT2D eigenvalue weighted by atomic mass is 32.1. The van der Waals surface area contributed by atoms with Crippen molar-refractivity contribution < 1.29 is 22.8 Å². The molecule has 0 aromatic carbocycles. The summed E-state index contributed by atoms with van der Waals surface area (Å²) in [7, 11) is 0. The smallest absolute Gasteiger partial charge is 0.336 e. The molecule has 9 heteroatoms. The van der Waals surface area contributed by atoms with Gasteiger partial charge in [-0.2, -0.15) is 13.2 Å². The van der Waals surface area contributed by atoms with Crippen molar-refractivity contribution >= 4 is 23.2 Å². The first kappa shape index (κ1) is 17.7. The van der Waals surface area contributed by atoms with Gasteiger partial charge >= 0.3 is 6.18 Å². The van der Waals surface area contributed by atoms with Crippen LogP contribution in [0.1, 0.15) is 30.3 Å². The summed E-state index contributed by atoms with van der Waals surface area (Å²) >= 11 is 1.30. The summed E-state index contributed by atoms with van der Waals surface area (Å²) in [6, 6.07) is 0. The van der Waals surface area contributed by atoms with Gasteiger partial charge in [-0.05, 0) is 19.8 Å². The summed E-state index contributed by atoms with van der Waals surface area (Å²) in [5, 5.41) is 1.62. The van der Waals surface area contributed by atoms with Crippen LogP contribution in [0.5, 0.6) is 0 Å². The summed E-state index contributed by atoms with van der Waals surface area (Å²) < 4.78 is 37.6. The number of nitrogens with zero attached hydrogens (tertiary/aromatic N) is 3. The van der Waals surface area contributed by atoms with Crippen molar-refractivity contribution in [2.75, 3.05) is 26.2 Å². The Labute approximate surface area is 136 Å². The van der Waals surface area contributed by atoms with Crippen LogP contribution in [0.2, 0.25) is 0 Å². The summed E-state index contributed by atoms with van der Waals surface area (Å²) in [6.45, 7) is 0.896. The number of thiazole rings is 1. The van der Waals surface area contributed by atoms with Crippen molar-refractivity contribution in [3.05, 3.63) is 16.6 Å². The van der Waals surface area contributed by atoms with Gasteiger partial charge in [0, 0.05) is 25.0 Å². The summed E-state index contributed by atoms with van der Waals surface area (Å²) in [5.41, 5.74) is 1.85. The lowest BCUT2D eigenvalue weighted by Gasteiger charge is -2.34. The van der Waals surface area contributed by atoms with Crippen LogP contribution in [0.3, 0.4) is 0 Å². The van der Waals surface area contributed by atoms with Crippen molar-refractivity contribution in [3.8, 4) is 0 Å². The van der Waals surface area contributed by atoms with E-state index < -0.39 is 24.5 Å². The zero-order valence-corrected chi connectivity index (χ0v) is 13.5. The number of aromatic nitrogens is 1. The molecule has 2 rings (SSSR count). The van der Waals surface area contributed by atoms with Crippen LogP contribution in [0.25, 0.3) is 0 Å². The molecule has 1 aromatic heterocycles. The van der Waals surface area contributed by atoms with E-state index in [-0.39, 0.29) is 19.0 Å². The predicted molar refractivity (Wildman–Crippen MR) is 79.1 cm³/mol. The molecule has 1 saturated heterocycles. The normalized spacial score (nSPS) is 18.8. The number of halogens is 3. The van der Waals surface area contributed by atoms with Gasteiger partial charge in [-0.3, -0.25) is 9.59 Å². The lowest BCUT2D eigenvalue weighted by Crippen LogP contribution is -2.48. The first-order chi connectivity index (χ1) is 10.8. The van der Waals surface area contributed by atoms with Crippen molar-refractivity contribution in [1.82, 2.24) is 14.8 Å². The standard InChI is InChI=1S/C14H18F3N3O2S/c1-2-19(8-14(15,16)17)12(21)10-4-3-5-20(6-10)13(22)11-7-23-9-18-11/h7,9-10H,2-6,8H2,1H3. The van der Waals surface area contributed by atoms with Gasteiger partial charge in [0.05, 0.1) is 11.4 Å². The third kappa shape index (κ3) is 4.66. The van der Waals surface area contributed by atoms with Crippen molar-refractivity contribution in [1.29, 1.82) is 0 Å². The van der Waals surface area contributed by atoms with Crippen molar-refractivity contribution in [2.45, 2.75) is 25.9 Å². The van der Waals surface area contributed by atoms with E-state index in [0.717, 1.165) is 4.90 Å². The fourth-order valence-corrected chi connectivity index (χ4v) is 3.19. The van der Waals surface area contributed by atoms with Crippen LogP contribution in [-0.4, -0.2) is 59.0 Å². The Morgan fingerprint density at radius 3 is 2.78 bits per heavy atom. The van der Waals surface area contributed by atoms with Gasteiger partial charge in [0.25, 0.3) is 5.91 Å². The zero-order valence-electron chi connectivity index (χ0n) is 12.7. The number of carbonyl (C=O) groups excluding carboxylic acids is 2. The van der Waals surface area contributed by atoms with E-state index in [1.165, 1.54) is 23.2 Å². The third-order valence-corrected chi connectivity index (χ3v) is 4.36. The molecule has 0 aliphatic carbocycles. The van der Waals surface area contributed by atoms with Gasteiger partial charge < -0.3 is 9.80 Å². The highest BCUT2D eigenvalue weighted by Crippen LogP contribution is 2.23. The first-order valence-electron chi connectivity index (χ1n) is 7.35. The van der Waals surface area contributed by atoms with Crippen LogP contribution >= 0.6 is 11.3 Å². The molecular weight excluding hydrogens is 331 g/mol. The molecule has 5 nitrogen and oxygen atoms in total. The zero-order chi connectivity index (χ0) is 17.0. The second-order valence-corrected chi connectivity index (χ2v) is 6.15. The van der Waals surface area contributed by atoms with Gasteiger partial charge in [0.1, 0.15) is 12.2 Å². The monoisotopic (exact) mass is 349 g/mol. The highest BCUT2D eigenvalue weighted by Gasteiger charge is 2.36. The van der Waals surface area contributed by atoms with Gasteiger partial charge in [0.15, 0.2) is 0 Å². The van der Waals surface area contributed by atoms with Crippen molar-refractivity contribution in [2.24, 2.45) is 5.92 Å². The molecule has 2 amide bonds. The molecule has 1 aliphatic rings. The van der Waals surface area contributed by atoms with Gasteiger partial charge in [-0.15, -0.1) is 11.3 Å². The molecule has 0 spiro atoms. The average Bonchev–Trinajstić information content (AvgIpc) is 3.05. The Morgan fingerprint density at radius 2 is 2.22 bits per heavy atom. The number of amides is 2. The van der Waals surface area contributed by atoms with E-state index >= 15 is 0 Å². The van der Waals surface area contributed by atoms with Gasteiger partial charge in [0.2, 0.25) is 5.91 Å². The number of alkyl halides is 3. The van der Waals surface area contributed by atoms with E-state index in [0.29, 0.717) is 25.1 Å². The van der Waals surface area contributed by atoms with Gasteiger partial charge in [-0.1, -0.05) is 0 Å². The molecule has 0 bridgehead atoms. The lowest BCUT2D eigenvalue weighted by atomic mass is 9.96. The maximum Gasteiger partial charge on any atom is 0.406 e. The van der Waals surface area contributed by atoms with E-state index in [9.17, 15) is 22.8 Å². The molecule has 1 fully saturated rings. The molecule has 1 unspecified atom stereocenters. The molecule has 1 aromatic rings. The number of hydrogen-bond donors (Lipinski definition) is 0. The summed E-state index contributed by atoms with van der Waals surface area (Å²) in [4.78, 5) is 30.9. The van der Waals surface area contributed by atoms with E-state index in [1.807, 2.05) is 0 Å². The largest absolute Gasteiger partial charge is 0.406 e. The fraction of sp³-hybridized carbons (Fsp3) is 0.643. The number of piperidine rings is 1. The highest BCUT2D eigenvalue weighted by molar-refractivity contribution is 7.07. The van der Waals surface area contributed by atoms with E-state index in [2.05, 4.69) is 4.98 Å². The topological polar surface area (TPSA) is 53.5 Å². The Hall–Kier alpha value is -1.64. The summed E-state index contributed by atoms with van der Waals surface area (Å²) in [5.74, 6) is -1.41. The fourth-order valence-electron chi connectivity index (χ4n) is 2.66. The molecule has 23 heavy (non-hydrogen) atoms. The van der Waals surface area contributed by atoms with Crippen molar-refractivity contribution in [3.63, 3.8) is 0 Å². The molecule has 0 saturated carbocycles. The second-order valence-electron chi connectivity index (χ2n) is 5.43. The Kier molecular flexibility index (Phi) is 5.61. The molecular formula is C14H18F3N3O2S. The average molecular weight is 349 g/mol. The summed E-state index contributed by atoms with van der Waals surface area (Å²) in [6.07, 6.45) is -3.33. The number of carbonyl (C=O) groups is 2. The maximum absolute atomic E-state index is 12.5. The SMILES string of the molecule is CCN(CC(F)(F)F)C(=O)C1CCCN(C(=O)c2cscn2)C1. The van der Waals surface area contributed by atoms with E-state index in [1.54, 1.807) is 10.9 Å². The minimum Gasteiger partial charge on any atom is -0.336 e. The quantitative estimate of drug-likeness (QED) is 0.839. The molecule has 0 N–H and O–H groups in total. The second kappa shape index (κ2) is 7.29. The first-order valence-corrected chi connectivity index (χ1v) is 8.29. The number of likely N-dealkylation sites (tertiary alicyclic amines) is 1. The third-order valence-electron chi connectivity index (χ3n) is 3.77. The minimum atomic E-state index is -4.42. The lowest BCUT2D eigenvalue weighted by molar-refractivity contribution is -0.164. The van der Waals surface area contributed by atoms with Crippen LogP contribution in [-0.2, 0) is 4.79 Å². The van der Waals surface area contributed by atoms with Gasteiger partial charge in [-0.25, -0.2) is 4.98 Å². The Bertz CT molecular complexity index is 548. The molecule has 128 valence electrons. The Morgan fingerprint density at radius 1 is 1.48 bits per heavy atom. The van der Waals surface area contributed by atoms with Crippen LogP contribution in [0, 0.1) is 5.92 Å². The molecule has 2 heterocycles. The Balaban J connectivity index is 2.02. The minimum absolute atomic E-state index is 0.00508. The van der Waals surface area contributed by atoms with Crippen LogP contribution < -0.4 is 0 Å². The van der Waals surface area contributed by atoms with Crippen LogP contribution in [0.15, 0.2) is 10.9 Å². The number of hydrogen-bond acceptors (Lipinski definition) is 4. The number of rotatable bonds is 4. The van der Waals surface area contributed by atoms with Crippen LogP contribution in [0.4, 0.5) is 13.2 Å². The van der Waals surface area contributed by atoms with E-state index in [4.69, 9.17) is 0 Å².